The maximum atomic E-state index is 13.8. The van der Waals surface area contributed by atoms with E-state index >= 15 is 0 Å². The van der Waals surface area contributed by atoms with Crippen LogP contribution >= 0.6 is 0 Å². The van der Waals surface area contributed by atoms with Crippen LogP contribution in [-0.4, -0.2) is 44.4 Å². The third-order valence-electron chi connectivity index (χ3n) is 4.84. The summed E-state index contributed by atoms with van der Waals surface area (Å²) in [6, 6.07) is 7.48. The first-order valence-electron chi connectivity index (χ1n) is 9.61. The molecule has 0 fully saturated rings. The average molecular weight is 465 g/mol. The zero-order valence-electron chi connectivity index (χ0n) is 17.0. The smallest absolute Gasteiger partial charge is 0.324 e. The number of fused-ring (bicyclic) bond motifs is 1. The Bertz CT molecular complexity index is 1170. The van der Waals surface area contributed by atoms with E-state index in [0.717, 1.165) is 12.1 Å². The highest BCUT2D eigenvalue weighted by atomic mass is 32.2. The second-order valence-electron chi connectivity index (χ2n) is 7.10. The molecule has 10 nitrogen and oxygen atoms in total. The number of rotatable bonds is 7. The van der Waals surface area contributed by atoms with Crippen LogP contribution in [0.2, 0.25) is 0 Å². The van der Waals surface area contributed by atoms with Crippen LogP contribution in [0.4, 0.5) is 15.8 Å². The normalized spacial score (nSPS) is 14.4. The molecule has 2 aromatic carbocycles. The SMILES string of the molecule is C[C@H](NS(=O)(=O)c1ccccc1F)C(=O)OCC(=O)N1CCCc2cc([N+](=O)[O-])ccc21. The molecule has 0 bridgehead atoms. The number of halogens is 1. The van der Waals surface area contributed by atoms with Crippen LogP contribution in [-0.2, 0) is 30.8 Å². The summed E-state index contributed by atoms with van der Waals surface area (Å²) in [5, 5.41) is 10.9. The number of nitro groups is 1. The fourth-order valence-corrected chi connectivity index (χ4v) is 4.57. The van der Waals surface area contributed by atoms with Crippen LogP contribution < -0.4 is 9.62 Å². The van der Waals surface area contributed by atoms with Crippen molar-refractivity contribution in [3.8, 4) is 0 Å². The fraction of sp³-hybridized carbons (Fsp3) is 0.300. The summed E-state index contributed by atoms with van der Waals surface area (Å²) in [5.74, 6) is -2.55. The van der Waals surface area contributed by atoms with Crippen LogP contribution in [0.3, 0.4) is 0 Å². The van der Waals surface area contributed by atoms with Crippen molar-refractivity contribution in [1.82, 2.24) is 4.72 Å². The highest BCUT2D eigenvalue weighted by Gasteiger charge is 2.28. The Morgan fingerprint density at radius 2 is 2.00 bits per heavy atom. The maximum absolute atomic E-state index is 13.8. The second kappa shape index (κ2) is 9.40. The van der Waals surface area contributed by atoms with Crippen molar-refractivity contribution in [3.05, 3.63) is 64.0 Å². The molecule has 0 radical (unpaired) electrons. The molecule has 3 rings (SSSR count). The first-order valence-corrected chi connectivity index (χ1v) is 11.1. The Morgan fingerprint density at radius 1 is 1.28 bits per heavy atom. The number of hydrogen-bond acceptors (Lipinski definition) is 7. The van der Waals surface area contributed by atoms with Crippen molar-refractivity contribution in [3.63, 3.8) is 0 Å². The number of nitro benzene ring substituents is 1. The number of nitrogens with zero attached hydrogens (tertiary/aromatic N) is 2. The van der Waals surface area contributed by atoms with Gasteiger partial charge in [0, 0.05) is 24.4 Å². The number of anilines is 1. The van der Waals surface area contributed by atoms with Gasteiger partial charge in [0.1, 0.15) is 16.8 Å². The van der Waals surface area contributed by atoms with Gasteiger partial charge in [-0.2, -0.15) is 4.72 Å². The van der Waals surface area contributed by atoms with E-state index in [0.29, 0.717) is 30.6 Å². The number of esters is 1. The molecule has 2 aromatic rings. The Balaban J connectivity index is 1.62. The van der Waals surface area contributed by atoms with Gasteiger partial charge in [-0.05, 0) is 43.5 Å². The fourth-order valence-electron chi connectivity index (χ4n) is 3.30. The minimum absolute atomic E-state index is 0.0829. The minimum Gasteiger partial charge on any atom is -0.454 e. The molecular formula is C20H20FN3O7S. The molecule has 0 spiro atoms. The van der Waals surface area contributed by atoms with Crippen LogP contribution in [0.15, 0.2) is 47.4 Å². The number of carbonyl (C=O) groups is 2. The second-order valence-corrected chi connectivity index (χ2v) is 8.78. The number of benzene rings is 2. The number of aryl methyl sites for hydroxylation is 1. The summed E-state index contributed by atoms with van der Waals surface area (Å²) < 4.78 is 45.3. The topological polar surface area (TPSA) is 136 Å². The van der Waals surface area contributed by atoms with Gasteiger partial charge in [-0.3, -0.25) is 19.7 Å². The molecule has 1 aliphatic heterocycles. The van der Waals surface area contributed by atoms with Crippen molar-refractivity contribution < 1.29 is 32.1 Å². The van der Waals surface area contributed by atoms with Crippen molar-refractivity contribution >= 4 is 33.3 Å². The number of sulfonamides is 1. The Kier molecular flexibility index (Phi) is 6.84. The van der Waals surface area contributed by atoms with Gasteiger partial charge in [0.25, 0.3) is 11.6 Å². The molecule has 0 aromatic heterocycles. The van der Waals surface area contributed by atoms with Gasteiger partial charge in [-0.15, -0.1) is 0 Å². The van der Waals surface area contributed by atoms with Gasteiger partial charge >= 0.3 is 5.97 Å². The highest BCUT2D eigenvalue weighted by molar-refractivity contribution is 7.89. The molecule has 0 unspecified atom stereocenters. The average Bonchev–Trinajstić information content (AvgIpc) is 2.76. The Morgan fingerprint density at radius 3 is 2.69 bits per heavy atom. The van der Waals surface area contributed by atoms with Gasteiger partial charge in [0.2, 0.25) is 10.0 Å². The predicted octanol–water partition coefficient (Wildman–Crippen LogP) is 1.92. The third kappa shape index (κ3) is 5.08. The molecule has 32 heavy (non-hydrogen) atoms. The number of hydrogen-bond donors (Lipinski definition) is 1. The number of non-ortho nitro benzene ring substituents is 1. The molecule has 1 heterocycles. The zero-order chi connectivity index (χ0) is 23.5. The van der Waals surface area contributed by atoms with Crippen LogP contribution in [0.25, 0.3) is 0 Å². The molecule has 0 saturated heterocycles. The number of nitrogens with one attached hydrogen (secondary N) is 1. The Labute approximate surface area is 183 Å². The van der Waals surface area contributed by atoms with Crippen LogP contribution in [0.1, 0.15) is 18.9 Å². The van der Waals surface area contributed by atoms with Gasteiger partial charge in [0.05, 0.1) is 4.92 Å². The summed E-state index contributed by atoms with van der Waals surface area (Å²) >= 11 is 0. The molecule has 170 valence electrons. The Hall–Kier alpha value is -3.38. The third-order valence-corrected chi connectivity index (χ3v) is 6.42. The monoisotopic (exact) mass is 465 g/mol. The highest BCUT2D eigenvalue weighted by Crippen LogP contribution is 2.30. The number of carbonyl (C=O) groups excluding carboxylic acids is 2. The van der Waals surface area contributed by atoms with Gasteiger partial charge in [0.15, 0.2) is 6.61 Å². The molecular weight excluding hydrogens is 445 g/mol. The molecule has 1 N–H and O–H groups in total. The lowest BCUT2D eigenvalue weighted by Crippen LogP contribution is -2.42. The summed E-state index contributed by atoms with van der Waals surface area (Å²) in [6.45, 7) is 0.901. The van der Waals surface area contributed by atoms with Crippen molar-refractivity contribution in [1.29, 1.82) is 0 Å². The largest absolute Gasteiger partial charge is 0.454 e. The quantitative estimate of drug-likeness (QED) is 0.375. The standard InChI is InChI=1S/C20H20FN3O7S/c1-13(22-32(29,30)18-7-3-2-6-16(18)21)20(26)31-12-19(25)23-10-4-5-14-11-15(24(27)28)8-9-17(14)23/h2-3,6-9,11,13,22H,4-5,10,12H2,1H3/t13-/m0/s1. The van der Waals surface area contributed by atoms with Crippen molar-refractivity contribution in [2.75, 3.05) is 18.1 Å². The lowest BCUT2D eigenvalue weighted by Gasteiger charge is -2.29. The zero-order valence-corrected chi connectivity index (χ0v) is 17.8. The van der Waals surface area contributed by atoms with Crippen molar-refractivity contribution in [2.24, 2.45) is 0 Å². The van der Waals surface area contributed by atoms with E-state index in [1.54, 1.807) is 0 Å². The maximum Gasteiger partial charge on any atom is 0.324 e. The summed E-state index contributed by atoms with van der Waals surface area (Å²) in [6.07, 6.45) is 1.14. The van der Waals surface area contributed by atoms with E-state index in [4.69, 9.17) is 4.74 Å². The van der Waals surface area contributed by atoms with E-state index in [-0.39, 0.29) is 5.69 Å². The summed E-state index contributed by atoms with van der Waals surface area (Å²) in [4.78, 5) is 36.0. The molecule has 1 atom stereocenters. The van der Waals surface area contributed by atoms with Crippen molar-refractivity contribution in [2.45, 2.75) is 30.7 Å². The van der Waals surface area contributed by atoms with Gasteiger partial charge < -0.3 is 9.64 Å². The molecule has 0 aliphatic carbocycles. The molecule has 0 saturated carbocycles. The van der Waals surface area contributed by atoms with E-state index < -0.39 is 50.2 Å². The van der Waals surface area contributed by atoms with Gasteiger partial charge in [-0.25, -0.2) is 12.8 Å². The predicted molar refractivity (Wildman–Crippen MR) is 111 cm³/mol. The first kappa shape index (κ1) is 23.3. The van der Waals surface area contributed by atoms with Crippen LogP contribution in [0, 0.1) is 15.9 Å². The van der Waals surface area contributed by atoms with E-state index in [1.165, 1.54) is 42.2 Å². The summed E-state index contributed by atoms with van der Waals surface area (Å²) in [5.41, 5.74) is 1.05. The lowest BCUT2D eigenvalue weighted by molar-refractivity contribution is -0.384. The molecule has 12 heteroatoms. The van der Waals surface area contributed by atoms with E-state index in [9.17, 15) is 32.5 Å². The summed E-state index contributed by atoms with van der Waals surface area (Å²) in [7, 11) is -4.32. The van der Waals surface area contributed by atoms with Crippen LogP contribution in [0.5, 0.6) is 0 Å². The molecule has 1 amide bonds. The lowest BCUT2D eigenvalue weighted by atomic mass is 10.0. The van der Waals surface area contributed by atoms with Gasteiger partial charge in [-0.1, -0.05) is 12.1 Å². The van der Waals surface area contributed by atoms with E-state index in [2.05, 4.69) is 0 Å². The first-order chi connectivity index (χ1) is 15.1. The minimum atomic E-state index is -4.32. The number of amides is 1. The van der Waals surface area contributed by atoms with E-state index in [1.807, 2.05) is 4.72 Å². The number of ether oxygens (including phenoxy) is 1. The molecule has 1 aliphatic rings.